The quantitative estimate of drug-likeness (QED) is 0.623. The zero-order valence-corrected chi connectivity index (χ0v) is 10.1. The Morgan fingerprint density at radius 3 is 2.07 bits per heavy atom. The molecule has 0 nitrogen and oxygen atoms in total. The Morgan fingerprint density at radius 1 is 1.07 bits per heavy atom. The Hall–Kier alpha value is -0.780. The van der Waals surface area contributed by atoms with Crippen LogP contribution in [0.2, 0.25) is 0 Å². The summed E-state index contributed by atoms with van der Waals surface area (Å²) in [6.07, 6.45) is 4.48. The van der Waals surface area contributed by atoms with Gasteiger partial charge in [0.15, 0.2) is 0 Å². The van der Waals surface area contributed by atoms with Gasteiger partial charge in [-0.05, 0) is 35.3 Å². The first-order valence-electron chi connectivity index (χ1n) is 6.53. The molecular formula is C15H22. The van der Waals surface area contributed by atoms with Crippen molar-refractivity contribution >= 4 is 0 Å². The van der Waals surface area contributed by atoms with E-state index in [1.165, 1.54) is 24.0 Å². The number of benzene rings is 1. The first kappa shape index (κ1) is 9.45. The van der Waals surface area contributed by atoms with Gasteiger partial charge in [0, 0.05) is 1.37 Å². The van der Waals surface area contributed by atoms with Crippen molar-refractivity contribution in [2.75, 3.05) is 0 Å². The molecule has 1 saturated carbocycles. The van der Waals surface area contributed by atoms with Crippen molar-refractivity contribution in [1.29, 1.82) is 0 Å². The molecule has 1 fully saturated rings. The van der Waals surface area contributed by atoms with E-state index in [9.17, 15) is 0 Å². The van der Waals surface area contributed by atoms with Crippen molar-refractivity contribution in [2.24, 2.45) is 0 Å². The topological polar surface area (TPSA) is 0 Å². The lowest BCUT2D eigenvalue weighted by Crippen LogP contribution is -2.10. The molecule has 15 heavy (non-hydrogen) atoms. The third-order valence-electron chi connectivity index (χ3n) is 3.37. The van der Waals surface area contributed by atoms with Crippen LogP contribution in [0.5, 0.6) is 0 Å². The molecule has 0 radical (unpaired) electrons. The molecule has 1 aliphatic rings. The highest BCUT2D eigenvalue weighted by Crippen LogP contribution is 2.34. The van der Waals surface area contributed by atoms with Crippen molar-refractivity contribution in [1.82, 2.24) is 0 Å². The Bertz CT molecular complexity index is 350. The first-order chi connectivity index (χ1) is 7.42. The van der Waals surface area contributed by atoms with Gasteiger partial charge in [0.2, 0.25) is 0 Å². The maximum atomic E-state index is 8.45. The Morgan fingerprint density at radius 2 is 1.60 bits per heavy atom. The highest BCUT2D eigenvalue weighted by molar-refractivity contribution is 5.29. The minimum atomic E-state index is -0.295. The van der Waals surface area contributed by atoms with Crippen LogP contribution in [-0.4, -0.2) is 0 Å². The molecule has 0 heteroatoms. The molecule has 2 rings (SSSR count). The monoisotopic (exact) mass is 203 g/mol. The molecule has 0 heterocycles. The molecule has 1 aliphatic carbocycles. The van der Waals surface area contributed by atoms with Crippen molar-refractivity contribution in [3.8, 4) is 0 Å². The van der Waals surface area contributed by atoms with Gasteiger partial charge in [-0.2, -0.15) is 0 Å². The Labute approximate surface area is 95.1 Å². The second-order valence-electron chi connectivity index (χ2n) is 5.64. The third-order valence-corrected chi connectivity index (χ3v) is 3.37. The normalized spacial score (nSPS) is 21.4. The van der Waals surface area contributed by atoms with Gasteiger partial charge in [-0.3, -0.25) is 0 Å². The van der Waals surface area contributed by atoms with E-state index in [1.54, 1.807) is 0 Å². The molecule has 0 aromatic heterocycles. The predicted molar refractivity (Wildman–Crippen MR) is 66.4 cm³/mol. The van der Waals surface area contributed by atoms with Crippen LogP contribution in [0.3, 0.4) is 0 Å². The molecule has 0 saturated heterocycles. The Kier molecular flexibility index (Phi) is 2.52. The summed E-state index contributed by atoms with van der Waals surface area (Å²) >= 11 is 0. The second-order valence-corrected chi connectivity index (χ2v) is 5.64. The summed E-state index contributed by atoms with van der Waals surface area (Å²) in [6.45, 7) is 6.69. The highest BCUT2D eigenvalue weighted by atomic mass is 14.2. The van der Waals surface area contributed by atoms with Gasteiger partial charge in [0.25, 0.3) is 0 Å². The number of hydrogen-bond donors (Lipinski definition) is 0. The Balaban J connectivity index is 2.26. The molecule has 0 amide bonds. The first-order valence-corrected chi connectivity index (χ1v) is 6.03. The van der Waals surface area contributed by atoms with Crippen molar-refractivity contribution in [2.45, 2.75) is 57.8 Å². The summed E-state index contributed by atoms with van der Waals surface area (Å²) in [5.41, 5.74) is 2.78. The summed E-state index contributed by atoms with van der Waals surface area (Å²) in [7, 11) is 0. The van der Waals surface area contributed by atoms with Gasteiger partial charge in [0.1, 0.15) is 0 Å². The molecular weight excluding hydrogens is 180 g/mol. The molecule has 0 spiro atoms. The second kappa shape index (κ2) is 4.00. The minimum absolute atomic E-state index is 0.212. The lowest BCUT2D eigenvalue weighted by molar-refractivity contribution is 0.589. The fourth-order valence-corrected chi connectivity index (χ4v) is 2.30. The van der Waals surface area contributed by atoms with Crippen LogP contribution in [0.25, 0.3) is 0 Å². The average molecular weight is 203 g/mol. The molecule has 0 unspecified atom stereocenters. The van der Waals surface area contributed by atoms with Gasteiger partial charge >= 0.3 is 0 Å². The molecule has 1 aromatic rings. The van der Waals surface area contributed by atoms with Crippen LogP contribution >= 0.6 is 0 Å². The molecule has 82 valence electrons. The third kappa shape index (κ3) is 2.42. The fraction of sp³-hybridized carbons (Fsp3) is 0.600. The van der Waals surface area contributed by atoms with E-state index < -0.39 is 0 Å². The molecule has 0 N–H and O–H groups in total. The number of hydrogen-bond acceptors (Lipinski definition) is 0. The highest BCUT2D eigenvalue weighted by Gasteiger charge is 2.18. The fourth-order valence-electron chi connectivity index (χ4n) is 2.30. The van der Waals surface area contributed by atoms with E-state index in [1.807, 2.05) is 0 Å². The van der Waals surface area contributed by atoms with Crippen LogP contribution in [-0.2, 0) is 5.41 Å². The van der Waals surface area contributed by atoms with Crippen LogP contribution in [0.15, 0.2) is 24.3 Å². The molecule has 0 atom stereocenters. The predicted octanol–water partition coefficient (Wildman–Crippen LogP) is 4.64. The van der Waals surface area contributed by atoms with Gasteiger partial charge < -0.3 is 0 Å². The lowest BCUT2D eigenvalue weighted by atomic mass is 9.85. The van der Waals surface area contributed by atoms with Crippen molar-refractivity contribution < 1.29 is 1.37 Å². The molecule has 0 aliphatic heterocycles. The van der Waals surface area contributed by atoms with Gasteiger partial charge in [-0.25, -0.2) is 0 Å². The van der Waals surface area contributed by atoms with E-state index in [0.717, 1.165) is 12.8 Å². The smallest absolute Gasteiger partial charge is 0.0352 e. The van der Waals surface area contributed by atoms with Crippen LogP contribution in [0.4, 0.5) is 0 Å². The molecule has 1 aromatic carbocycles. The van der Waals surface area contributed by atoms with Crippen LogP contribution in [0.1, 0.15) is 64.8 Å². The minimum Gasteiger partial charge on any atom is -0.0585 e. The van der Waals surface area contributed by atoms with E-state index in [4.69, 9.17) is 1.37 Å². The maximum absolute atomic E-state index is 8.45. The van der Waals surface area contributed by atoms with E-state index in [0.29, 0.717) is 0 Å². The van der Waals surface area contributed by atoms with Crippen LogP contribution in [0, 0.1) is 0 Å². The van der Waals surface area contributed by atoms with Crippen LogP contribution < -0.4 is 0 Å². The zero-order valence-electron chi connectivity index (χ0n) is 11.1. The standard InChI is InChI=1S/C15H22/c1-15(2,3)14-10-8-13(9-11-14)12-6-4-5-7-12/h8-12H,4-7H2,1-3H3/i12D. The van der Waals surface area contributed by atoms with Crippen molar-refractivity contribution in [3.05, 3.63) is 35.4 Å². The molecule has 0 bridgehead atoms. The number of rotatable bonds is 1. The summed E-state index contributed by atoms with van der Waals surface area (Å²) in [4.78, 5) is 0. The average Bonchev–Trinajstić information content (AvgIpc) is 2.66. The summed E-state index contributed by atoms with van der Waals surface area (Å²) in [5, 5.41) is 0. The summed E-state index contributed by atoms with van der Waals surface area (Å²) < 4.78 is 8.45. The largest absolute Gasteiger partial charge is 0.0585 e. The van der Waals surface area contributed by atoms with E-state index >= 15 is 0 Å². The summed E-state index contributed by atoms with van der Waals surface area (Å²) in [6, 6.07) is 8.73. The van der Waals surface area contributed by atoms with Gasteiger partial charge in [-0.1, -0.05) is 57.9 Å². The SMILES string of the molecule is [2H]C1(c2ccc(C(C)(C)C)cc2)CCCC1. The zero-order chi connectivity index (χ0) is 11.8. The maximum Gasteiger partial charge on any atom is 0.0352 e. The van der Waals surface area contributed by atoms with Gasteiger partial charge in [-0.15, -0.1) is 0 Å². The summed E-state index contributed by atoms with van der Waals surface area (Å²) in [5.74, 6) is -0.295. The van der Waals surface area contributed by atoms with E-state index in [2.05, 4.69) is 45.0 Å². The van der Waals surface area contributed by atoms with Gasteiger partial charge in [0.05, 0.1) is 0 Å². The van der Waals surface area contributed by atoms with Crippen molar-refractivity contribution in [3.63, 3.8) is 0 Å². The van der Waals surface area contributed by atoms with E-state index in [-0.39, 0.29) is 11.3 Å². The lowest BCUT2D eigenvalue weighted by Gasteiger charge is -2.20.